The topological polar surface area (TPSA) is 0 Å². The van der Waals surface area contributed by atoms with Crippen molar-refractivity contribution in [3.8, 4) is 0 Å². The van der Waals surface area contributed by atoms with Crippen molar-refractivity contribution in [3.63, 3.8) is 0 Å². The normalized spacial score (nSPS) is 39.0. The monoisotopic (exact) mass is 133 g/mol. The molecule has 0 N–H and O–H groups in total. The van der Waals surface area contributed by atoms with Crippen LogP contribution in [-0.4, -0.2) is 5.67 Å². The first-order valence-electron chi connectivity index (χ1n) is 3.34. The second-order valence-electron chi connectivity index (χ2n) is 2.81. The van der Waals surface area contributed by atoms with Gasteiger partial charge in [-0.25, -0.2) is 8.78 Å². The summed E-state index contributed by atoms with van der Waals surface area (Å²) < 4.78 is 25.4. The van der Waals surface area contributed by atoms with E-state index in [0.717, 1.165) is 12.8 Å². The van der Waals surface area contributed by atoms with Crippen molar-refractivity contribution in [3.05, 3.63) is 6.17 Å². The molecule has 1 unspecified atom stereocenters. The zero-order valence-corrected chi connectivity index (χ0v) is 5.58. The summed E-state index contributed by atoms with van der Waals surface area (Å²) in [6, 6.07) is 0. The van der Waals surface area contributed by atoms with Crippen molar-refractivity contribution in [2.24, 2.45) is 0 Å². The summed E-state index contributed by atoms with van der Waals surface area (Å²) in [5.41, 5.74) is -1.61. The summed E-state index contributed by atoms with van der Waals surface area (Å²) in [4.78, 5) is 0. The lowest BCUT2D eigenvalue weighted by Gasteiger charge is -2.27. The Morgan fingerprint density at radius 2 is 2.11 bits per heavy atom. The van der Waals surface area contributed by atoms with E-state index in [0.29, 0.717) is 12.8 Å². The van der Waals surface area contributed by atoms with Gasteiger partial charge in [-0.3, -0.25) is 0 Å². The predicted molar refractivity (Wildman–Crippen MR) is 32.3 cm³/mol. The summed E-state index contributed by atoms with van der Waals surface area (Å²) in [6.07, 6.45) is 1.85. The standard InChI is InChI=1S/C7H11F2/c1-7(9)5-3-2-4-6(7)8/h2-5H2,1H3. The van der Waals surface area contributed by atoms with Gasteiger partial charge >= 0.3 is 0 Å². The van der Waals surface area contributed by atoms with Crippen LogP contribution in [-0.2, 0) is 0 Å². The molecule has 0 heterocycles. The van der Waals surface area contributed by atoms with Crippen LogP contribution in [0.3, 0.4) is 0 Å². The first-order valence-corrected chi connectivity index (χ1v) is 3.34. The lowest BCUT2D eigenvalue weighted by atomic mass is 9.86. The van der Waals surface area contributed by atoms with Gasteiger partial charge in [-0.15, -0.1) is 0 Å². The van der Waals surface area contributed by atoms with E-state index in [9.17, 15) is 8.78 Å². The predicted octanol–water partition coefficient (Wildman–Crippen LogP) is 2.79. The fourth-order valence-corrected chi connectivity index (χ4v) is 1.13. The van der Waals surface area contributed by atoms with E-state index < -0.39 is 11.8 Å². The van der Waals surface area contributed by atoms with Gasteiger partial charge in [0, 0.05) is 0 Å². The minimum absolute atomic E-state index is 0.326. The van der Waals surface area contributed by atoms with Crippen LogP contribution in [0.5, 0.6) is 0 Å². The zero-order chi connectivity index (χ0) is 6.91. The van der Waals surface area contributed by atoms with Crippen molar-refractivity contribution < 1.29 is 8.78 Å². The van der Waals surface area contributed by atoms with Crippen LogP contribution in [0, 0.1) is 6.17 Å². The lowest BCUT2D eigenvalue weighted by molar-refractivity contribution is 0.100. The van der Waals surface area contributed by atoms with E-state index in [2.05, 4.69) is 0 Å². The fourth-order valence-electron chi connectivity index (χ4n) is 1.13. The van der Waals surface area contributed by atoms with Gasteiger partial charge in [0.2, 0.25) is 0 Å². The van der Waals surface area contributed by atoms with Crippen molar-refractivity contribution >= 4 is 0 Å². The molecule has 0 bridgehead atoms. The molecule has 0 nitrogen and oxygen atoms in total. The van der Waals surface area contributed by atoms with Crippen molar-refractivity contribution in [2.75, 3.05) is 0 Å². The van der Waals surface area contributed by atoms with Crippen molar-refractivity contribution in [1.29, 1.82) is 0 Å². The van der Waals surface area contributed by atoms with Gasteiger partial charge in [-0.05, 0) is 26.2 Å². The van der Waals surface area contributed by atoms with Gasteiger partial charge in [0.05, 0.1) is 0 Å². The lowest BCUT2D eigenvalue weighted by Crippen LogP contribution is -2.28. The number of rotatable bonds is 0. The molecule has 1 atom stereocenters. The zero-order valence-electron chi connectivity index (χ0n) is 5.58. The Kier molecular flexibility index (Phi) is 1.73. The van der Waals surface area contributed by atoms with E-state index in [1.807, 2.05) is 0 Å². The molecule has 9 heavy (non-hydrogen) atoms. The molecule has 1 radical (unpaired) electrons. The molecule has 1 saturated carbocycles. The Balaban J connectivity index is 2.49. The smallest absolute Gasteiger partial charge is 0.181 e. The van der Waals surface area contributed by atoms with Crippen LogP contribution in [0.25, 0.3) is 0 Å². The van der Waals surface area contributed by atoms with Gasteiger partial charge < -0.3 is 0 Å². The number of hydrogen-bond donors (Lipinski definition) is 0. The fraction of sp³-hybridized carbons (Fsp3) is 0.857. The highest BCUT2D eigenvalue weighted by Gasteiger charge is 2.37. The Bertz CT molecular complexity index is 99.1. The minimum atomic E-state index is -1.61. The Morgan fingerprint density at radius 1 is 1.44 bits per heavy atom. The molecule has 0 aromatic heterocycles. The van der Waals surface area contributed by atoms with E-state index >= 15 is 0 Å². The molecule has 1 aliphatic carbocycles. The molecular formula is C7H11F2. The molecule has 1 rings (SSSR count). The number of alkyl halides is 1. The van der Waals surface area contributed by atoms with Crippen molar-refractivity contribution in [1.82, 2.24) is 0 Å². The highest BCUT2D eigenvalue weighted by Crippen LogP contribution is 2.38. The quantitative estimate of drug-likeness (QED) is 0.476. The maximum Gasteiger partial charge on any atom is 0.181 e. The van der Waals surface area contributed by atoms with Gasteiger partial charge in [-0.2, -0.15) is 0 Å². The molecular weight excluding hydrogens is 122 g/mol. The Morgan fingerprint density at radius 3 is 2.44 bits per heavy atom. The maximum atomic E-state index is 12.9. The Labute approximate surface area is 54.3 Å². The summed E-state index contributed by atoms with van der Waals surface area (Å²) in [5.74, 6) is 0. The number of halogens is 2. The Hall–Kier alpha value is -0.140. The van der Waals surface area contributed by atoms with E-state index in [-0.39, 0.29) is 0 Å². The van der Waals surface area contributed by atoms with Crippen LogP contribution in [0.1, 0.15) is 32.6 Å². The molecule has 0 amide bonds. The average Bonchev–Trinajstić information content (AvgIpc) is 1.77. The highest BCUT2D eigenvalue weighted by molar-refractivity contribution is 5.00. The number of hydrogen-bond acceptors (Lipinski definition) is 0. The molecule has 0 aliphatic heterocycles. The highest BCUT2D eigenvalue weighted by atomic mass is 19.2. The summed E-state index contributed by atoms with van der Waals surface area (Å²) >= 11 is 0. The van der Waals surface area contributed by atoms with Crippen LogP contribution >= 0.6 is 0 Å². The van der Waals surface area contributed by atoms with Crippen molar-refractivity contribution in [2.45, 2.75) is 38.3 Å². The summed E-state index contributed by atoms with van der Waals surface area (Å²) in [5, 5.41) is 0. The van der Waals surface area contributed by atoms with Gasteiger partial charge in [0.25, 0.3) is 0 Å². The summed E-state index contributed by atoms with van der Waals surface area (Å²) in [7, 11) is 0. The molecule has 0 aromatic rings. The average molecular weight is 133 g/mol. The van der Waals surface area contributed by atoms with Gasteiger partial charge in [-0.1, -0.05) is 6.42 Å². The first kappa shape index (κ1) is 6.97. The van der Waals surface area contributed by atoms with E-state index in [1.165, 1.54) is 6.92 Å². The van der Waals surface area contributed by atoms with Crippen LogP contribution in [0.4, 0.5) is 8.78 Å². The third kappa shape index (κ3) is 1.41. The van der Waals surface area contributed by atoms with E-state index in [1.54, 1.807) is 0 Å². The van der Waals surface area contributed by atoms with Gasteiger partial charge in [0.1, 0.15) is 5.67 Å². The SMILES string of the molecule is CC1(F)CCCC[C]1F. The molecule has 0 aromatic carbocycles. The van der Waals surface area contributed by atoms with E-state index in [4.69, 9.17) is 0 Å². The molecule has 0 saturated heterocycles. The minimum Gasteiger partial charge on any atom is -0.241 e. The molecule has 2 heteroatoms. The summed E-state index contributed by atoms with van der Waals surface area (Å²) in [6.45, 7) is 1.32. The maximum absolute atomic E-state index is 12.9. The first-order chi connectivity index (χ1) is 4.13. The second-order valence-corrected chi connectivity index (χ2v) is 2.81. The second kappa shape index (κ2) is 2.24. The largest absolute Gasteiger partial charge is 0.241 e. The van der Waals surface area contributed by atoms with Crippen LogP contribution < -0.4 is 0 Å². The third-order valence-electron chi connectivity index (χ3n) is 1.86. The molecule has 1 fully saturated rings. The molecule has 1 aliphatic rings. The van der Waals surface area contributed by atoms with Crippen LogP contribution in [0.15, 0.2) is 0 Å². The third-order valence-corrected chi connectivity index (χ3v) is 1.86. The van der Waals surface area contributed by atoms with Crippen LogP contribution in [0.2, 0.25) is 0 Å². The molecule has 0 spiro atoms. The van der Waals surface area contributed by atoms with Gasteiger partial charge in [0.15, 0.2) is 6.17 Å². The molecule has 53 valence electrons.